The molecule has 0 N–H and O–H groups in total. The highest BCUT2D eigenvalue weighted by atomic mass is 35.5. The quantitative estimate of drug-likeness (QED) is 0.343. The summed E-state index contributed by atoms with van der Waals surface area (Å²) in [6, 6.07) is 9.68. The van der Waals surface area contributed by atoms with Gasteiger partial charge in [0, 0.05) is 24.8 Å². The number of nitrogens with zero attached hydrogens (tertiary/aromatic N) is 5. The van der Waals surface area contributed by atoms with E-state index in [1.54, 1.807) is 0 Å². The van der Waals surface area contributed by atoms with Crippen LogP contribution in [0.3, 0.4) is 0 Å². The van der Waals surface area contributed by atoms with Gasteiger partial charge in [-0.25, -0.2) is 9.97 Å². The predicted octanol–water partition coefficient (Wildman–Crippen LogP) is 5.00. The molecule has 35 heavy (non-hydrogen) atoms. The minimum Gasteiger partial charge on any atom is -0.491 e. The molecule has 0 radical (unpaired) electrons. The number of hydrogen-bond acceptors (Lipinski definition) is 7. The second-order valence-corrected chi connectivity index (χ2v) is 9.89. The van der Waals surface area contributed by atoms with Gasteiger partial charge in [0.25, 0.3) is 0 Å². The van der Waals surface area contributed by atoms with E-state index in [9.17, 15) is 0 Å². The van der Waals surface area contributed by atoms with Gasteiger partial charge in [0.1, 0.15) is 30.1 Å². The third kappa shape index (κ3) is 4.56. The van der Waals surface area contributed by atoms with Crippen molar-refractivity contribution in [2.45, 2.75) is 51.4 Å². The molecule has 2 aliphatic rings. The van der Waals surface area contributed by atoms with Gasteiger partial charge in [-0.2, -0.15) is 4.98 Å². The molecule has 0 bridgehead atoms. The van der Waals surface area contributed by atoms with Gasteiger partial charge < -0.3 is 18.8 Å². The van der Waals surface area contributed by atoms with Crippen LogP contribution in [0.15, 0.2) is 42.9 Å². The van der Waals surface area contributed by atoms with E-state index in [0.29, 0.717) is 46.8 Å². The topological polar surface area (TPSA) is 84.2 Å². The van der Waals surface area contributed by atoms with Crippen molar-refractivity contribution in [3.05, 3.63) is 59.1 Å². The van der Waals surface area contributed by atoms with Gasteiger partial charge in [0.15, 0.2) is 11.2 Å². The summed E-state index contributed by atoms with van der Waals surface area (Å²) in [5.74, 6) is 1.86. The average Bonchev–Trinajstić information content (AvgIpc) is 3.41. The minimum absolute atomic E-state index is 0.157. The van der Waals surface area contributed by atoms with Crippen LogP contribution in [0.5, 0.6) is 11.6 Å². The number of halogens is 1. The second-order valence-electron chi connectivity index (χ2n) is 9.48. The van der Waals surface area contributed by atoms with Gasteiger partial charge in [-0.1, -0.05) is 11.6 Å². The van der Waals surface area contributed by atoms with E-state index >= 15 is 0 Å². The van der Waals surface area contributed by atoms with Crippen molar-refractivity contribution < 1.29 is 14.2 Å². The Morgan fingerprint density at radius 2 is 2.03 bits per heavy atom. The molecular weight excluding hydrogens is 466 g/mol. The molecular formula is C26H26ClN5O3. The van der Waals surface area contributed by atoms with Gasteiger partial charge in [-0.3, -0.25) is 4.98 Å². The number of ether oxygens (including phenoxy) is 3. The fourth-order valence-corrected chi connectivity index (χ4v) is 4.33. The van der Waals surface area contributed by atoms with Crippen molar-refractivity contribution in [3.63, 3.8) is 0 Å². The molecule has 2 fully saturated rings. The maximum atomic E-state index is 6.76. The molecule has 180 valence electrons. The lowest BCUT2D eigenvalue weighted by molar-refractivity contribution is -0.0720. The summed E-state index contributed by atoms with van der Waals surface area (Å²) in [6.07, 6.45) is 6.51. The fourth-order valence-electron chi connectivity index (χ4n) is 4.08. The molecule has 0 spiro atoms. The maximum absolute atomic E-state index is 6.76. The van der Waals surface area contributed by atoms with Gasteiger partial charge in [-0.15, -0.1) is 0 Å². The Bertz CT molecular complexity index is 1400. The molecule has 1 aromatic carbocycles. The second kappa shape index (κ2) is 8.77. The van der Waals surface area contributed by atoms with E-state index in [2.05, 4.69) is 27.9 Å². The van der Waals surface area contributed by atoms with Crippen LogP contribution in [-0.2, 0) is 11.3 Å². The van der Waals surface area contributed by atoms with Gasteiger partial charge in [-0.05, 0) is 62.6 Å². The monoisotopic (exact) mass is 491 g/mol. The molecule has 0 unspecified atom stereocenters. The van der Waals surface area contributed by atoms with Crippen LogP contribution in [0.1, 0.15) is 37.4 Å². The SMILES string of the molecule is Cc1ccnc(Cn2c(-c3ccc(OC[C@H]4CCO4)cc3Cl)nc3c(OC4(C)CC4)ncnc32)c1. The highest BCUT2D eigenvalue weighted by molar-refractivity contribution is 6.33. The third-order valence-electron chi connectivity index (χ3n) is 6.50. The first-order valence-corrected chi connectivity index (χ1v) is 12.2. The first-order valence-electron chi connectivity index (χ1n) is 11.8. The Labute approximate surface area is 208 Å². The molecule has 3 aromatic heterocycles. The maximum Gasteiger partial charge on any atom is 0.245 e. The van der Waals surface area contributed by atoms with Crippen molar-refractivity contribution in [2.75, 3.05) is 13.2 Å². The molecule has 4 heterocycles. The lowest BCUT2D eigenvalue weighted by Crippen LogP contribution is -2.32. The standard InChI is InChI=1S/C26H26ClN5O3/c1-16-5-9-28-17(11-16)13-32-23(20-4-3-18(12-21(20)27)34-14-19-6-10-33-19)31-22-24(32)29-15-30-25(22)35-26(2)7-8-26/h3-5,9,11-12,15,19H,6-8,10,13-14H2,1-2H3/t19-/m1/s1. The Kier molecular flexibility index (Phi) is 5.57. The van der Waals surface area contributed by atoms with Crippen molar-refractivity contribution in [1.82, 2.24) is 24.5 Å². The van der Waals surface area contributed by atoms with Gasteiger partial charge in [0.05, 0.1) is 23.4 Å². The molecule has 1 atom stereocenters. The van der Waals surface area contributed by atoms with Crippen LogP contribution in [0, 0.1) is 6.92 Å². The number of rotatable bonds is 8. The first kappa shape index (κ1) is 22.2. The van der Waals surface area contributed by atoms with Crippen LogP contribution in [0.4, 0.5) is 0 Å². The van der Waals surface area contributed by atoms with E-state index in [4.69, 9.17) is 30.8 Å². The Balaban J connectivity index is 1.41. The summed E-state index contributed by atoms with van der Waals surface area (Å²) < 4.78 is 19.5. The summed E-state index contributed by atoms with van der Waals surface area (Å²) in [5.41, 5.74) is 3.91. The molecule has 1 saturated heterocycles. The Hall–Kier alpha value is -3.23. The fraction of sp³-hybridized carbons (Fsp3) is 0.385. The summed E-state index contributed by atoms with van der Waals surface area (Å²) in [5, 5.41) is 0.537. The zero-order valence-electron chi connectivity index (χ0n) is 19.7. The van der Waals surface area contributed by atoms with E-state index in [0.717, 1.165) is 42.7 Å². The Morgan fingerprint density at radius 1 is 1.17 bits per heavy atom. The summed E-state index contributed by atoms with van der Waals surface area (Å²) in [7, 11) is 0. The number of imidazole rings is 1. The van der Waals surface area contributed by atoms with Crippen molar-refractivity contribution in [1.29, 1.82) is 0 Å². The summed E-state index contributed by atoms with van der Waals surface area (Å²) in [6.45, 7) is 5.93. The van der Waals surface area contributed by atoms with Crippen LogP contribution in [0.2, 0.25) is 5.02 Å². The van der Waals surface area contributed by atoms with Gasteiger partial charge in [0.2, 0.25) is 5.88 Å². The van der Waals surface area contributed by atoms with E-state index in [1.807, 2.05) is 42.0 Å². The Morgan fingerprint density at radius 3 is 2.74 bits per heavy atom. The number of aryl methyl sites for hydroxylation is 1. The normalized spacial score (nSPS) is 18.3. The van der Waals surface area contributed by atoms with Gasteiger partial charge >= 0.3 is 0 Å². The summed E-state index contributed by atoms with van der Waals surface area (Å²) >= 11 is 6.76. The molecule has 9 heteroatoms. The summed E-state index contributed by atoms with van der Waals surface area (Å²) in [4.78, 5) is 18.5. The van der Waals surface area contributed by atoms with Crippen LogP contribution >= 0.6 is 11.6 Å². The molecule has 4 aromatic rings. The average molecular weight is 492 g/mol. The van der Waals surface area contributed by atoms with E-state index in [-0.39, 0.29) is 11.7 Å². The predicted molar refractivity (Wildman–Crippen MR) is 132 cm³/mol. The van der Waals surface area contributed by atoms with Crippen molar-refractivity contribution >= 4 is 22.8 Å². The third-order valence-corrected chi connectivity index (χ3v) is 6.81. The lowest BCUT2D eigenvalue weighted by atomic mass is 10.2. The van der Waals surface area contributed by atoms with Crippen molar-refractivity contribution in [2.24, 2.45) is 0 Å². The van der Waals surface area contributed by atoms with E-state index < -0.39 is 0 Å². The molecule has 1 aliphatic heterocycles. The highest BCUT2D eigenvalue weighted by Crippen LogP contribution is 2.41. The van der Waals surface area contributed by atoms with Crippen LogP contribution in [-0.4, -0.2) is 49.4 Å². The van der Waals surface area contributed by atoms with Crippen molar-refractivity contribution in [3.8, 4) is 23.0 Å². The molecule has 0 amide bonds. The zero-order valence-corrected chi connectivity index (χ0v) is 20.5. The number of pyridine rings is 1. The molecule has 8 nitrogen and oxygen atoms in total. The number of benzene rings is 1. The zero-order chi connectivity index (χ0) is 24.0. The molecule has 6 rings (SSSR count). The smallest absolute Gasteiger partial charge is 0.245 e. The van der Waals surface area contributed by atoms with Crippen LogP contribution in [0.25, 0.3) is 22.6 Å². The number of hydrogen-bond donors (Lipinski definition) is 0. The lowest BCUT2D eigenvalue weighted by Gasteiger charge is -2.26. The number of fused-ring (bicyclic) bond motifs is 1. The highest BCUT2D eigenvalue weighted by Gasteiger charge is 2.41. The largest absolute Gasteiger partial charge is 0.491 e. The first-order chi connectivity index (χ1) is 17.0. The minimum atomic E-state index is -0.190. The van der Waals surface area contributed by atoms with Crippen LogP contribution < -0.4 is 9.47 Å². The molecule has 1 saturated carbocycles. The van der Waals surface area contributed by atoms with E-state index in [1.165, 1.54) is 6.33 Å². The molecule has 1 aliphatic carbocycles. The number of aromatic nitrogens is 5.